The number of nitrogens with zero attached hydrogens (tertiary/aromatic N) is 3. The van der Waals surface area contributed by atoms with Gasteiger partial charge in [-0.25, -0.2) is 8.78 Å². The second kappa shape index (κ2) is 5.84. The van der Waals surface area contributed by atoms with Crippen LogP contribution in [0.15, 0.2) is 30.6 Å². The van der Waals surface area contributed by atoms with Gasteiger partial charge in [-0.3, -0.25) is 14.4 Å². The summed E-state index contributed by atoms with van der Waals surface area (Å²) in [6.45, 7) is 1.77. The quantitative estimate of drug-likeness (QED) is 0.935. The number of carbonyl (C=O) groups excluding carboxylic acids is 1. The molecule has 1 aromatic heterocycles. The summed E-state index contributed by atoms with van der Waals surface area (Å²) >= 11 is 0. The van der Waals surface area contributed by atoms with Gasteiger partial charge < -0.3 is 5.73 Å². The molecule has 0 bridgehead atoms. The van der Waals surface area contributed by atoms with E-state index in [1.165, 1.54) is 12.3 Å². The molecule has 1 fully saturated rings. The van der Waals surface area contributed by atoms with Crippen LogP contribution >= 0.6 is 0 Å². The third-order valence-corrected chi connectivity index (χ3v) is 3.91. The van der Waals surface area contributed by atoms with Gasteiger partial charge in [-0.15, -0.1) is 0 Å². The first kappa shape index (κ1) is 14.6. The Morgan fingerprint density at radius 2 is 2.23 bits per heavy atom. The first-order chi connectivity index (χ1) is 10.5. The summed E-state index contributed by atoms with van der Waals surface area (Å²) in [4.78, 5) is 13.1. The van der Waals surface area contributed by atoms with E-state index < -0.39 is 17.5 Å². The van der Waals surface area contributed by atoms with Crippen LogP contribution in [0.25, 0.3) is 0 Å². The maximum absolute atomic E-state index is 13.7. The van der Waals surface area contributed by atoms with Gasteiger partial charge >= 0.3 is 0 Å². The second-order valence-corrected chi connectivity index (χ2v) is 5.49. The molecule has 22 heavy (non-hydrogen) atoms. The molecule has 1 unspecified atom stereocenters. The van der Waals surface area contributed by atoms with Gasteiger partial charge in [0, 0.05) is 31.4 Å². The summed E-state index contributed by atoms with van der Waals surface area (Å²) in [5, 5.41) is 4.15. The SMILES string of the molecule is NC(=O)c1cnn(C2CCN(Cc3cc(F)ccc3F)C2)c1. The minimum atomic E-state index is -0.511. The molecule has 0 spiro atoms. The van der Waals surface area contributed by atoms with Gasteiger partial charge in [0.2, 0.25) is 0 Å². The van der Waals surface area contributed by atoms with E-state index in [4.69, 9.17) is 5.73 Å². The van der Waals surface area contributed by atoms with E-state index in [-0.39, 0.29) is 6.04 Å². The normalized spacial score (nSPS) is 18.7. The Kier molecular flexibility index (Phi) is 3.89. The van der Waals surface area contributed by atoms with Gasteiger partial charge in [0.25, 0.3) is 5.91 Å². The van der Waals surface area contributed by atoms with Gasteiger partial charge in [-0.2, -0.15) is 5.10 Å². The molecule has 5 nitrogen and oxygen atoms in total. The van der Waals surface area contributed by atoms with Crippen molar-refractivity contribution in [2.24, 2.45) is 5.73 Å². The van der Waals surface area contributed by atoms with Crippen LogP contribution in [0.3, 0.4) is 0 Å². The summed E-state index contributed by atoms with van der Waals surface area (Å²) in [5.41, 5.74) is 5.92. The molecule has 2 heterocycles. The number of hydrogen-bond donors (Lipinski definition) is 1. The molecule has 116 valence electrons. The Balaban J connectivity index is 1.66. The second-order valence-electron chi connectivity index (χ2n) is 5.49. The predicted octanol–water partition coefficient (Wildman–Crippen LogP) is 1.71. The van der Waals surface area contributed by atoms with Crippen LogP contribution in [0.5, 0.6) is 0 Å². The zero-order valence-electron chi connectivity index (χ0n) is 11.9. The van der Waals surface area contributed by atoms with Crippen molar-refractivity contribution in [1.29, 1.82) is 0 Å². The standard InChI is InChI=1S/C15H16F2N4O/c16-12-1-2-14(17)10(5-12)7-20-4-3-13(9-20)21-8-11(6-19-21)15(18)22/h1-2,5-6,8,13H,3-4,7,9H2,(H2,18,22). The molecule has 0 saturated carbocycles. The van der Waals surface area contributed by atoms with E-state index in [9.17, 15) is 13.6 Å². The first-order valence-electron chi connectivity index (χ1n) is 7.03. The van der Waals surface area contributed by atoms with Crippen LogP contribution in [0.4, 0.5) is 8.78 Å². The third-order valence-electron chi connectivity index (χ3n) is 3.91. The van der Waals surface area contributed by atoms with Crippen molar-refractivity contribution >= 4 is 5.91 Å². The fraction of sp³-hybridized carbons (Fsp3) is 0.333. The number of likely N-dealkylation sites (tertiary alicyclic amines) is 1. The third kappa shape index (κ3) is 2.99. The van der Waals surface area contributed by atoms with Crippen molar-refractivity contribution < 1.29 is 13.6 Å². The first-order valence-corrected chi connectivity index (χ1v) is 7.03. The molecule has 2 N–H and O–H groups in total. The molecular formula is C15H16F2N4O. The highest BCUT2D eigenvalue weighted by Gasteiger charge is 2.25. The molecule has 0 aliphatic carbocycles. The number of nitrogens with two attached hydrogens (primary N) is 1. The summed E-state index contributed by atoms with van der Waals surface area (Å²) in [6.07, 6.45) is 3.90. The molecule has 7 heteroatoms. The van der Waals surface area contributed by atoms with Crippen molar-refractivity contribution in [1.82, 2.24) is 14.7 Å². The minimum absolute atomic E-state index is 0.102. The number of aromatic nitrogens is 2. The molecule has 1 aliphatic rings. The van der Waals surface area contributed by atoms with Gasteiger partial charge in [0.1, 0.15) is 11.6 Å². The van der Waals surface area contributed by atoms with Crippen molar-refractivity contribution in [3.8, 4) is 0 Å². The smallest absolute Gasteiger partial charge is 0.251 e. The molecule has 1 amide bonds. The Bertz CT molecular complexity index is 701. The minimum Gasteiger partial charge on any atom is -0.366 e. The number of primary amides is 1. The van der Waals surface area contributed by atoms with Crippen LogP contribution in [-0.2, 0) is 6.54 Å². The number of benzene rings is 1. The monoisotopic (exact) mass is 306 g/mol. The van der Waals surface area contributed by atoms with E-state index in [1.807, 2.05) is 4.90 Å². The Morgan fingerprint density at radius 3 is 2.95 bits per heavy atom. The van der Waals surface area contributed by atoms with Gasteiger partial charge in [-0.1, -0.05) is 0 Å². The lowest BCUT2D eigenvalue weighted by Gasteiger charge is -2.16. The summed E-state index contributed by atoms with van der Waals surface area (Å²) in [5.74, 6) is -1.35. The fourth-order valence-corrected chi connectivity index (χ4v) is 2.74. The van der Waals surface area contributed by atoms with Crippen LogP contribution in [0, 0.1) is 11.6 Å². The number of hydrogen-bond acceptors (Lipinski definition) is 3. The highest BCUT2D eigenvalue weighted by Crippen LogP contribution is 2.23. The largest absolute Gasteiger partial charge is 0.366 e. The lowest BCUT2D eigenvalue weighted by Crippen LogP contribution is -2.22. The lowest BCUT2D eigenvalue weighted by molar-refractivity contribution is 0.1000. The van der Waals surface area contributed by atoms with E-state index in [0.29, 0.717) is 24.2 Å². The molecule has 1 aliphatic heterocycles. The number of rotatable bonds is 4. The van der Waals surface area contributed by atoms with Gasteiger partial charge in [-0.05, 0) is 24.6 Å². The zero-order chi connectivity index (χ0) is 15.7. The van der Waals surface area contributed by atoms with Gasteiger partial charge in [0.05, 0.1) is 17.8 Å². The highest BCUT2D eigenvalue weighted by molar-refractivity contribution is 5.92. The van der Waals surface area contributed by atoms with Crippen molar-refractivity contribution in [3.05, 3.63) is 53.4 Å². The van der Waals surface area contributed by atoms with Crippen LogP contribution in [0.1, 0.15) is 28.4 Å². The van der Waals surface area contributed by atoms with E-state index in [1.54, 1.807) is 10.9 Å². The maximum atomic E-state index is 13.7. The topological polar surface area (TPSA) is 64.2 Å². The van der Waals surface area contributed by atoms with E-state index >= 15 is 0 Å². The number of amides is 1. The predicted molar refractivity (Wildman–Crippen MR) is 76.0 cm³/mol. The zero-order valence-corrected chi connectivity index (χ0v) is 11.9. The molecule has 1 saturated heterocycles. The Hall–Kier alpha value is -2.28. The molecule has 0 radical (unpaired) electrons. The molecule has 2 aromatic rings. The summed E-state index contributed by atoms with van der Waals surface area (Å²) in [6, 6.07) is 3.58. The van der Waals surface area contributed by atoms with E-state index in [2.05, 4.69) is 5.10 Å². The van der Waals surface area contributed by atoms with Gasteiger partial charge in [0.15, 0.2) is 0 Å². The molecular weight excluding hydrogens is 290 g/mol. The number of halogens is 2. The van der Waals surface area contributed by atoms with E-state index in [0.717, 1.165) is 25.1 Å². The molecule has 3 rings (SSSR count). The summed E-state index contributed by atoms with van der Waals surface area (Å²) < 4.78 is 28.6. The van der Waals surface area contributed by atoms with Crippen LogP contribution in [-0.4, -0.2) is 33.7 Å². The van der Waals surface area contributed by atoms with Crippen molar-refractivity contribution in [2.45, 2.75) is 19.0 Å². The Labute approximate surface area is 126 Å². The average molecular weight is 306 g/mol. The van der Waals surface area contributed by atoms with Crippen molar-refractivity contribution in [3.63, 3.8) is 0 Å². The van der Waals surface area contributed by atoms with Crippen molar-refractivity contribution in [2.75, 3.05) is 13.1 Å². The highest BCUT2D eigenvalue weighted by atomic mass is 19.1. The summed E-state index contributed by atoms with van der Waals surface area (Å²) in [7, 11) is 0. The maximum Gasteiger partial charge on any atom is 0.251 e. The number of carbonyl (C=O) groups is 1. The Morgan fingerprint density at radius 1 is 1.41 bits per heavy atom. The lowest BCUT2D eigenvalue weighted by atomic mass is 10.2. The van der Waals surface area contributed by atoms with Crippen LogP contribution < -0.4 is 5.73 Å². The van der Waals surface area contributed by atoms with Crippen LogP contribution in [0.2, 0.25) is 0 Å². The molecule has 1 aromatic carbocycles. The average Bonchev–Trinajstić information content (AvgIpc) is 3.11. The fourth-order valence-electron chi connectivity index (χ4n) is 2.74. The molecule has 1 atom stereocenters.